The Bertz CT molecular complexity index is 380. The van der Waals surface area contributed by atoms with Crippen molar-refractivity contribution in [3.8, 4) is 0 Å². The highest BCUT2D eigenvalue weighted by Crippen LogP contribution is 2.29. The topological polar surface area (TPSA) is 32.3 Å². The lowest BCUT2D eigenvalue weighted by Gasteiger charge is -2.25. The maximum absolute atomic E-state index is 12.4. The minimum absolute atomic E-state index is 0.224. The van der Waals surface area contributed by atoms with Crippen LogP contribution in [-0.4, -0.2) is 36.0 Å². The zero-order chi connectivity index (χ0) is 11.7. The SMILES string of the molecule is O=C(c1ccsc1)N(CC1CCCN1)C1CC1. The predicted octanol–water partition coefficient (Wildman–Crippen LogP) is 2.10. The van der Waals surface area contributed by atoms with Gasteiger partial charge in [-0.05, 0) is 43.7 Å². The van der Waals surface area contributed by atoms with Crippen molar-refractivity contribution in [3.63, 3.8) is 0 Å². The van der Waals surface area contributed by atoms with Crippen LogP contribution in [0.15, 0.2) is 16.8 Å². The van der Waals surface area contributed by atoms with Crippen molar-refractivity contribution in [2.24, 2.45) is 0 Å². The van der Waals surface area contributed by atoms with Crippen LogP contribution in [0.3, 0.4) is 0 Å². The number of nitrogens with zero attached hydrogens (tertiary/aromatic N) is 1. The summed E-state index contributed by atoms with van der Waals surface area (Å²) in [5.41, 5.74) is 0.861. The van der Waals surface area contributed by atoms with Crippen LogP contribution >= 0.6 is 11.3 Å². The van der Waals surface area contributed by atoms with Crippen LogP contribution in [0.2, 0.25) is 0 Å². The number of carbonyl (C=O) groups excluding carboxylic acids is 1. The molecule has 2 fully saturated rings. The molecule has 1 atom stereocenters. The molecule has 1 unspecified atom stereocenters. The van der Waals surface area contributed by atoms with Crippen LogP contribution in [0.4, 0.5) is 0 Å². The molecule has 1 aromatic rings. The molecule has 1 saturated heterocycles. The Morgan fingerprint density at radius 3 is 2.94 bits per heavy atom. The van der Waals surface area contributed by atoms with Crippen LogP contribution in [0, 0.1) is 0 Å². The zero-order valence-electron chi connectivity index (χ0n) is 9.89. The number of hydrogen-bond donors (Lipinski definition) is 1. The maximum Gasteiger partial charge on any atom is 0.255 e. The van der Waals surface area contributed by atoms with Crippen molar-refractivity contribution >= 4 is 17.2 Å². The van der Waals surface area contributed by atoms with E-state index in [0.29, 0.717) is 12.1 Å². The lowest BCUT2D eigenvalue weighted by Crippen LogP contribution is -2.42. The Balaban J connectivity index is 1.69. The molecule has 3 nitrogen and oxygen atoms in total. The normalized spacial score (nSPS) is 23.9. The first kappa shape index (κ1) is 11.2. The Morgan fingerprint density at radius 2 is 2.35 bits per heavy atom. The van der Waals surface area contributed by atoms with Crippen molar-refractivity contribution in [1.82, 2.24) is 10.2 Å². The summed E-state index contributed by atoms with van der Waals surface area (Å²) in [6.45, 7) is 2.00. The second-order valence-corrected chi connectivity index (χ2v) is 5.77. The highest BCUT2D eigenvalue weighted by atomic mass is 32.1. The van der Waals surface area contributed by atoms with E-state index >= 15 is 0 Å². The first-order chi connectivity index (χ1) is 8.34. The molecule has 1 N–H and O–H groups in total. The third kappa shape index (κ3) is 2.53. The zero-order valence-corrected chi connectivity index (χ0v) is 10.7. The predicted molar refractivity (Wildman–Crippen MR) is 69.4 cm³/mol. The van der Waals surface area contributed by atoms with Crippen molar-refractivity contribution in [1.29, 1.82) is 0 Å². The quantitative estimate of drug-likeness (QED) is 0.887. The molecule has 0 spiro atoms. The summed E-state index contributed by atoms with van der Waals surface area (Å²) >= 11 is 1.60. The Morgan fingerprint density at radius 1 is 1.47 bits per heavy atom. The van der Waals surface area contributed by atoms with Gasteiger partial charge in [0, 0.05) is 24.0 Å². The molecule has 1 aliphatic heterocycles. The first-order valence-corrected chi connectivity index (χ1v) is 7.35. The largest absolute Gasteiger partial charge is 0.334 e. The minimum atomic E-state index is 0.224. The molecule has 3 rings (SSSR count). The van der Waals surface area contributed by atoms with Gasteiger partial charge in [0.25, 0.3) is 5.91 Å². The van der Waals surface area contributed by atoms with Crippen LogP contribution in [-0.2, 0) is 0 Å². The maximum atomic E-state index is 12.4. The van der Waals surface area contributed by atoms with E-state index in [1.807, 2.05) is 16.8 Å². The second kappa shape index (κ2) is 4.78. The molecule has 1 amide bonds. The summed E-state index contributed by atoms with van der Waals surface area (Å²) < 4.78 is 0. The minimum Gasteiger partial charge on any atom is -0.334 e. The second-order valence-electron chi connectivity index (χ2n) is 4.99. The molecule has 17 heavy (non-hydrogen) atoms. The van der Waals surface area contributed by atoms with Crippen molar-refractivity contribution < 1.29 is 4.79 Å². The summed E-state index contributed by atoms with van der Waals surface area (Å²) in [4.78, 5) is 14.5. The number of thiophene rings is 1. The number of rotatable bonds is 4. The van der Waals surface area contributed by atoms with Gasteiger partial charge in [0.1, 0.15) is 0 Å². The Hall–Kier alpha value is -0.870. The molecule has 92 valence electrons. The first-order valence-electron chi connectivity index (χ1n) is 6.41. The Kier molecular flexibility index (Phi) is 3.16. The van der Waals surface area contributed by atoms with Gasteiger partial charge in [-0.1, -0.05) is 0 Å². The molecule has 2 aliphatic rings. The van der Waals surface area contributed by atoms with Gasteiger partial charge < -0.3 is 10.2 Å². The standard InChI is InChI=1S/C13H18N2OS/c16-13(10-5-7-17-9-10)15(12-3-4-12)8-11-2-1-6-14-11/h5,7,9,11-12,14H,1-4,6,8H2. The average Bonchev–Trinajstić information content (AvgIpc) is 2.86. The molecule has 0 radical (unpaired) electrons. The van der Waals surface area contributed by atoms with Crippen LogP contribution in [0.1, 0.15) is 36.0 Å². The molecular formula is C13H18N2OS. The Labute approximate surface area is 106 Å². The lowest BCUT2D eigenvalue weighted by atomic mass is 10.2. The summed E-state index contributed by atoms with van der Waals surface area (Å²) in [6.07, 6.45) is 4.82. The third-order valence-electron chi connectivity index (χ3n) is 3.60. The fourth-order valence-electron chi connectivity index (χ4n) is 2.49. The lowest BCUT2D eigenvalue weighted by molar-refractivity contribution is 0.0729. The number of hydrogen-bond acceptors (Lipinski definition) is 3. The van der Waals surface area contributed by atoms with E-state index in [2.05, 4.69) is 10.2 Å². The van der Waals surface area contributed by atoms with Gasteiger partial charge in [-0.3, -0.25) is 4.79 Å². The van der Waals surface area contributed by atoms with E-state index in [9.17, 15) is 4.79 Å². The molecule has 0 bridgehead atoms. The van der Waals surface area contributed by atoms with Gasteiger partial charge >= 0.3 is 0 Å². The monoisotopic (exact) mass is 250 g/mol. The molecule has 0 aromatic carbocycles. The van der Waals surface area contributed by atoms with Gasteiger partial charge in [0.05, 0.1) is 5.56 Å². The van der Waals surface area contributed by atoms with E-state index in [0.717, 1.165) is 18.7 Å². The molecular weight excluding hydrogens is 232 g/mol. The van der Waals surface area contributed by atoms with E-state index in [1.165, 1.54) is 25.7 Å². The van der Waals surface area contributed by atoms with Crippen LogP contribution < -0.4 is 5.32 Å². The highest BCUT2D eigenvalue weighted by molar-refractivity contribution is 7.08. The molecule has 2 heterocycles. The fourth-order valence-corrected chi connectivity index (χ4v) is 3.12. The summed E-state index contributed by atoms with van der Waals surface area (Å²) in [5, 5.41) is 7.42. The number of nitrogens with one attached hydrogen (secondary N) is 1. The smallest absolute Gasteiger partial charge is 0.255 e. The molecule has 1 saturated carbocycles. The fraction of sp³-hybridized carbons (Fsp3) is 0.615. The van der Waals surface area contributed by atoms with Gasteiger partial charge in [-0.15, -0.1) is 0 Å². The third-order valence-corrected chi connectivity index (χ3v) is 4.28. The van der Waals surface area contributed by atoms with Crippen molar-refractivity contribution in [2.75, 3.05) is 13.1 Å². The van der Waals surface area contributed by atoms with Crippen molar-refractivity contribution in [2.45, 2.75) is 37.8 Å². The molecule has 4 heteroatoms. The van der Waals surface area contributed by atoms with E-state index < -0.39 is 0 Å². The summed E-state index contributed by atoms with van der Waals surface area (Å²) in [6, 6.07) is 2.95. The molecule has 1 aliphatic carbocycles. The van der Waals surface area contributed by atoms with Gasteiger partial charge in [-0.25, -0.2) is 0 Å². The van der Waals surface area contributed by atoms with Crippen LogP contribution in [0.5, 0.6) is 0 Å². The van der Waals surface area contributed by atoms with E-state index in [-0.39, 0.29) is 5.91 Å². The summed E-state index contributed by atoms with van der Waals surface area (Å²) in [7, 11) is 0. The average molecular weight is 250 g/mol. The number of amides is 1. The van der Waals surface area contributed by atoms with Gasteiger partial charge in [0.15, 0.2) is 0 Å². The van der Waals surface area contributed by atoms with Crippen molar-refractivity contribution in [3.05, 3.63) is 22.4 Å². The van der Waals surface area contributed by atoms with Gasteiger partial charge in [-0.2, -0.15) is 11.3 Å². The van der Waals surface area contributed by atoms with Crippen LogP contribution in [0.25, 0.3) is 0 Å². The summed E-state index contributed by atoms with van der Waals surface area (Å²) in [5.74, 6) is 0.224. The van der Waals surface area contributed by atoms with E-state index in [1.54, 1.807) is 11.3 Å². The molecule has 1 aromatic heterocycles. The van der Waals surface area contributed by atoms with Gasteiger partial charge in [0.2, 0.25) is 0 Å². The number of carbonyl (C=O) groups is 1. The highest BCUT2D eigenvalue weighted by Gasteiger charge is 2.34. The van der Waals surface area contributed by atoms with E-state index in [4.69, 9.17) is 0 Å².